The fraction of sp³-hybridized carbons (Fsp3) is 0.200. The first-order valence-corrected chi connectivity index (χ1v) is 6.58. The molecule has 1 aromatic carbocycles. The third-order valence-electron chi connectivity index (χ3n) is 3.07. The van der Waals surface area contributed by atoms with Gasteiger partial charge in [-0.3, -0.25) is 9.59 Å². The summed E-state index contributed by atoms with van der Waals surface area (Å²) in [5.74, 6) is -0.261. The molecule has 0 aliphatic heterocycles. The summed E-state index contributed by atoms with van der Waals surface area (Å²) in [6.07, 6.45) is 1.60. The molecule has 0 unspecified atom stereocenters. The van der Waals surface area contributed by atoms with Gasteiger partial charge in [-0.2, -0.15) is 0 Å². The monoisotopic (exact) mass is 290 g/mol. The number of halogens is 1. The first kappa shape index (κ1) is 14.3. The van der Waals surface area contributed by atoms with Gasteiger partial charge in [-0.15, -0.1) is 0 Å². The first-order chi connectivity index (χ1) is 9.49. The van der Waals surface area contributed by atoms with Crippen LogP contribution in [0.4, 0.5) is 5.69 Å². The molecule has 1 N–H and O–H groups in total. The fourth-order valence-corrected chi connectivity index (χ4v) is 2.04. The summed E-state index contributed by atoms with van der Waals surface area (Å²) in [6, 6.07) is 8.77. The summed E-state index contributed by atoms with van der Waals surface area (Å²) in [5, 5.41) is 3.36. The van der Waals surface area contributed by atoms with Crippen LogP contribution < -0.4 is 10.9 Å². The minimum absolute atomic E-state index is 0.0214. The molecule has 4 nitrogen and oxygen atoms in total. The Morgan fingerprint density at radius 1 is 1.25 bits per heavy atom. The van der Waals surface area contributed by atoms with Gasteiger partial charge < -0.3 is 9.88 Å². The maximum atomic E-state index is 12.0. The highest BCUT2D eigenvalue weighted by atomic mass is 35.5. The van der Waals surface area contributed by atoms with Crippen molar-refractivity contribution in [2.75, 3.05) is 5.32 Å². The zero-order valence-electron chi connectivity index (χ0n) is 11.3. The Balaban J connectivity index is 2.15. The number of rotatable bonds is 3. The minimum Gasteiger partial charge on any atom is -0.324 e. The molecule has 0 bridgehead atoms. The van der Waals surface area contributed by atoms with Gasteiger partial charge in [0.25, 0.3) is 5.56 Å². The molecule has 0 spiro atoms. The normalized spacial score (nSPS) is 10.3. The van der Waals surface area contributed by atoms with Crippen LogP contribution in [0.3, 0.4) is 0 Å². The predicted octanol–water partition coefficient (Wildman–Crippen LogP) is 2.76. The highest BCUT2D eigenvalue weighted by Crippen LogP contribution is 2.22. The Hall–Kier alpha value is -2.07. The van der Waals surface area contributed by atoms with Crippen molar-refractivity contribution in [1.29, 1.82) is 0 Å². The number of aromatic nitrogens is 1. The Bertz CT molecular complexity index is 707. The Morgan fingerprint density at radius 2 is 2.00 bits per heavy atom. The second kappa shape index (κ2) is 5.92. The smallest absolute Gasteiger partial charge is 0.253 e. The van der Waals surface area contributed by atoms with Crippen molar-refractivity contribution in [3.05, 3.63) is 63.0 Å². The van der Waals surface area contributed by atoms with Crippen LogP contribution in [-0.4, -0.2) is 10.5 Å². The molecule has 2 rings (SSSR count). The zero-order chi connectivity index (χ0) is 14.7. The summed E-state index contributed by atoms with van der Waals surface area (Å²) in [4.78, 5) is 23.8. The van der Waals surface area contributed by atoms with Crippen LogP contribution in [0.25, 0.3) is 0 Å². The van der Waals surface area contributed by atoms with Crippen molar-refractivity contribution < 1.29 is 4.79 Å². The molecule has 104 valence electrons. The number of pyridine rings is 1. The molecule has 0 atom stereocenters. The summed E-state index contributed by atoms with van der Waals surface area (Å²) >= 11 is 6.00. The van der Waals surface area contributed by atoms with Gasteiger partial charge >= 0.3 is 0 Å². The lowest BCUT2D eigenvalue weighted by molar-refractivity contribution is -0.116. The van der Waals surface area contributed by atoms with E-state index in [4.69, 9.17) is 11.6 Å². The largest absolute Gasteiger partial charge is 0.324 e. The molecule has 0 radical (unpaired) electrons. The van der Waals surface area contributed by atoms with E-state index in [1.807, 2.05) is 6.92 Å². The molecule has 1 amide bonds. The third kappa shape index (κ3) is 3.08. The van der Waals surface area contributed by atoms with E-state index in [0.717, 1.165) is 5.56 Å². The third-order valence-corrected chi connectivity index (χ3v) is 3.48. The zero-order valence-corrected chi connectivity index (χ0v) is 12.1. The number of carbonyl (C=O) groups is 1. The quantitative estimate of drug-likeness (QED) is 0.945. The van der Waals surface area contributed by atoms with Gasteiger partial charge in [-0.25, -0.2) is 0 Å². The van der Waals surface area contributed by atoms with E-state index < -0.39 is 0 Å². The summed E-state index contributed by atoms with van der Waals surface area (Å²) in [6.45, 7) is 3.53. The maximum absolute atomic E-state index is 12.0. The second-order valence-electron chi connectivity index (χ2n) is 4.58. The van der Waals surface area contributed by atoms with E-state index in [1.54, 1.807) is 43.5 Å². The van der Waals surface area contributed by atoms with Gasteiger partial charge in [-0.05, 0) is 37.6 Å². The van der Waals surface area contributed by atoms with Gasteiger partial charge in [0.1, 0.15) is 6.54 Å². The highest BCUT2D eigenvalue weighted by molar-refractivity contribution is 6.31. The van der Waals surface area contributed by atoms with Crippen LogP contribution in [0.5, 0.6) is 0 Å². The molecular formula is C15H15ClN2O2. The summed E-state index contributed by atoms with van der Waals surface area (Å²) in [5.41, 5.74) is 1.91. The summed E-state index contributed by atoms with van der Waals surface area (Å²) in [7, 11) is 0. The molecule has 20 heavy (non-hydrogen) atoms. The van der Waals surface area contributed by atoms with Crippen LogP contribution >= 0.6 is 11.6 Å². The highest BCUT2D eigenvalue weighted by Gasteiger charge is 2.08. The van der Waals surface area contributed by atoms with Gasteiger partial charge in [0.15, 0.2) is 0 Å². The Labute approximate surface area is 122 Å². The predicted molar refractivity (Wildman–Crippen MR) is 80.3 cm³/mol. The molecule has 0 aliphatic carbocycles. The maximum Gasteiger partial charge on any atom is 0.253 e. The molecule has 5 heteroatoms. The molecule has 0 saturated carbocycles. The Morgan fingerprint density at radius 3 is 2.75 bits per heavy atom. The number of amides is 1. The average molecular weight is 291 g/mol. The number of hydrogen-bond acceptors (Lipinski definition) is 2. The molecule has 1 heterocycles. The van der Waals surface area contributed by atoms with Crippen molar-refractivity contribution in [3.8, 4) is 0 Å². The minimum atomic E-state index is -0.261. The number of nitrogens with one attached hydrogen (secondary N) is 1. The lowest BCUT2D eigenvalue weighted by atomic mass is 10.2. The number of carbonyl (C=O) groups excluding carboxylic acids is 1. The lowest BCUT2D eigenvalue weighted by Crippen LogP contribution is -2.28. The van der Waals surface area contributed by atoms with Gasteiger partial charge in [-0.1, -0.05) is 23.7 Å². The molecule has 2 aromatic rings. The van der Waals surface area contributed by atoms with Gasteiger partial charge in [0.2, 0.25) is 5.91 Å². The van der Waals surface area contributed by atoms with Gasteiger partial charge in [0.05, 0.1) is 0 Å². The van der Waals surface area contributed by atoms with Crippen molar-refractivity contribution >= 4 is 23.2 Å². The summed E-state index contributed by atoms with van der Waals surface area (Å²) < 4.78 is 1.38. The number of benzene rings is 1. The lowest BCUT2D eigenvalue weighted by Gasteiger charge is -2.10. The van der Waals surface area contributed by atoms with Crippen LogP contribution in [0.15, 0.2) is 41.3 Å². The molecule has 0 saturated heterocycles. The molecule has 1 aromatic heterocycles. The van der Waals surface area contributed by atoms with Crippen molar-refractivity contribution in [2.45, 2.75) is 20.4 Å². The number of nitrogens with zero attached hydrogens (tertiary/aromatic N) is 1. The molecular weight excluding hydrogens is 276 g/mol. The van der Waals surface area contributed by atoms with Crippen LogP contribution in [0.2, 0.25) is 5.02 Å². The number of hydrogen-bond donors (Lipinski definition) is 1. The van der Waals surface area contributed by atoms with E-state index in [0.29, 0.717) is 16.3 Å². The van der Waals surface area contributed by atoms with E-state index >= 15 is 0 Å². The standard InChI is InChI=1S/C15H15ClN2O2/c1-10-5-4-8-18(15(10)20)9-14(19)17-13-7-3-6-12(16)11(13)2/h3-8H,9H2,1-2H3,(H,17,19). The van der Waals surface area contributed by atoms with Gasteiger partial charge in [0, 0.05) is 22.5 Å². The SMILES string of the molecule is Cc1c(Cl)cccc1NC(=O)Cn1cccc(C)c1=O. The molecule has 0 aliphatic rings. The van der Waals surface area contributed by atoms with Crippen LogP contribution in [-0.2, 0) is 11.3 Å². The van der Waals surface area contributed by atoms with Crippen LogP contribution in [0, 0.1) is 13.8 Å². The average Bonchev–Trinajstić information content (AvgIpc) is 2.40. The topological polar surface area (TPSA) is 51.1 Å². The van der Waals surface area contributed by atoms with Crippen molar-refractivity contribution in [1.82, 2.24) is 4.57 Å². The van der Waals surface area contributed by atoms with E-state index in [1.165, 1.54) is 4.57 Å². The Kier molecular flexibility index (Phi) is 4.25. The second-order valence-corrected chi connectivity index (χ2v) is 4.99. The van der Waals surface area contributed by atoms with Crippen molar-refractivity contribution in [2.24, 2.45) is 0 Å². The molecule has 0 fully saturated rings. The fourth-order valence-electron chi connectivity index (χ4n) is 1.87. The van der Waals surface area contributed by atoms with E-state index in [2.05, 4.69) is 5.32 Å². The van der Waals surface area contributed by atoms with E-state index in [9.17, 15) is 9.59 Å². The van der Waals surface area contributed by atoms with Crippen LogP contribution in [0.1, 0.15) is 11.1 Å². The number of anilines is 1. The van der Waals surface area contributed by atoms with E-state index in [-0.39, 0.29) is 18.0 Å². The first-order valence-electron chi connectivity index (χ1n) is 6.20. The van der Waals surface area contributed by atoms with Crippen molar-refractivity contribution in [3.63, 3.8) is 0 Å². The number of aryl methyl sites for hydroxylation is 1.